The highest BCUT2D eigenvalue weighted by Gasteiger charge is 2.39. The molecule has 1 heterocycles. The van der Waals surface area contributed by atoms with Crippen LogP contribution in [-0.4, -0.2) is 34.9 Å². The molecule has 1 aliphatic carbocycles. The van der Waals surface area contributed by atoms with E-state index in [-0.39, 0.29) is 6.61 Å². The van der Waals surface area contributed by atoms with Crippen LogP contribution in [-0.2, 0) is 16.0 Å². The van der Waals surface area contributed by atoms with Crippen molar-refractivity contribution in [1.29, 1.82) is 0 Å². The second-order valence-corrected chi connectivity index (χ2v) is 9.03. The highest BCUT2D eigenvalue weighted by molar-refractivity contribution is 5.80. The lowest BCUT2D eigenvalue weighted by Gasteiger charge is -2.25. The van der Waals surface area contributed by atoms with Crippen LogP contribution in [0.25, 0.3) is 28.2 Å². The van der Waals surface area contributed by atoms with E-state index in [2.05, 4.69) is 0 Å². The normalized spacial score (nSPS) is 16.9. The molecule has 6 nitrogen and oxygen atoms in total. The summed E-state index contributed by atoms with van der Waals surface area (Å²) in [5.74, 6) is 1.23. The summed E-state index contributed by atoms with van der Waals surface area (Å²) in [6.07, 6.45) is 3.64. The highest BCUT2D eigenvalue weighted by Crippen LogP contribution is 2.43. The Balaban J connectivity index is 1.43. The van der Waals surface area contributed by atoms with Crippen molar-refractivity contribution in [3.05, 3.63) is 102 Å². The third-order valence-corrected chi connectivity index (χ3v) is 6.41. The predicted octanol–water partition coefficient (Wildman–Crippen LogP) is 6.10. The molecule has 3 aromatic carbocycles. The van der Waals surface area contributed by atoms with E-state index in [1.54, 1.807) is 13.0 Å². The Labute approximate surface area is 216 Å². The van der Waals surface area contributed by atoms with E-state index in [0.717, 1.165) is 22.4 Å². The first-order valence-electron chi connectivity index (χ1n) is 12.5. The second-order valence-electron chi connectivity index (χ2n) is 9.03. The maximum atomic E-state index is 11.8. The average Bonchev–Trinajstić information content (AvgIpc) is 3.52. The first-order chi connectivity index (χ1) is 18.1. The standard InChI is InChI=1S/C31H29NO5/c1-2-35-27(33)21-36-25-16-9-11-22(19-25)20-31(34)18-10-17-26(31)30-32-28(23-12-5-3-6-13-23)29(37-30)24-14-7-4-8-15-24/h3-9,11-17,19,34H,2,10,18,20-21H2,1H3/t31-/m0/s1. The zero-order valence-electron chi connectivity index (χ0n) is 20.7. The van der Waals surface area contributed by atoms with Crippen LogP contribution >= 0.6 is 0 Å². The monoisotopic (exact) mass is 495 g/mol. The van der Waals surface area contributed by atoms with Crippen molar-refractivity contribution < 1.29 is 23.8 Å². The summed E-state index contributed by atoms with van der Waals surface area (Å²) < 4.78 is 16.9. The predicted molar refractivity (Wildman–Crippen MR) is 142 cm³/mol. The molecule has 0 fully saturated rings. The molecule has 6 heteroatoms. The number of allylic oxidation sites excluding steroid dienone is 1. The van der Waals surface area contributed by atoms with Gasteiger partial charge in [0.1, 0.15) is 11.4 Å². The lowest BCUT2D eigenvalue weighted by atomic mass is 9.88. The minimum Gasteiger partial charge on any atom is -0.482 e. The number of rotatable bonds is 9. The molecule has 5 rings (SSSR count). The van der Waals surface area contributed by atoms with Gasteiger partial charge in [-0.15, -0.1) is 0 Å². The number of benzene rings is 3. The van der Waals surface area contributed by atoms with Crippen molar-refractivity contribution in [2.24, 2.45) is 0 Å². The van der Waals surface area contributed by atoms with E-state index in [1.165, 1.54) is 0 Å². The SMILES string of the molecule is CCOC(=O)COc1cccc(C[C@@]2(O)CCC=C2c2nc(-c3ccccc3)c(-c3ccccc3)o2)c1. The maximum absolute atomic E-state index is 11.8. The average molecular weight is 496 g/mol. The number of ether oxygens (including phenoxy) is 2. The van der Waals surface area contributed by atoms with Crippen molar-refractivity contribution in [2.45, 2.75) is 31.8 Å². The summed E-state index contributed by atoms with van der Waals surface area (Å²) in [6.45, 7) is 1.90. The maximum Gasteiger partial charge on any atom is 0.344 e. The number of carbonyl (C=O) groups is 1. The molecular formula is C31H29NO5. The number of carbonyl (C=O) groups excluding carboxylic acids is 1. The summed E-state index contributed by atoms with van der Waals surface area (Å²) >= 11 is 0. The Kier molecular flexibility index (Phi) is 7.19. The van der Waals surface area contributed by atoms with Crippen LogP contribution in [0.1, 0.15) is 31.2 Å². The van der Waals surface area contributed by atoms with Gasteiger partial charge in [-0.05, 0) is 37.5 Å². The van der Waals surface area contributed by atoms with Gasteiger partial charge in [0.05, 0.1) is 12.2 Å². The van der Waals surface area contributed by atoms with Gasteiger partial charge in [-0.1, -0.05) is 78.9 Å². The van der Waals surface area contributed by atoms with E-state index in [4.69, 9.17) is 18.9 Å². The first-order valence-corrected chi connectivity index (χ1v) is 12.5. The van der Waals surface area contributed by atoms with Gasteiger partial charge in [-0.2, -0.15) is 0 Å². The Morgan fingerprint density at radius 2 is 1.73 bits per heavy atom. The molecule has 0 spiro atoms. The number of hydrogen-bond donors (Lipinski definition) is 1. The molecule has 0 unspecified atom stereocenters. The summed E-state index contributed by atoms with van der Waals surface area (Å²) in [7, 11) is 0. The number of aliphatic hydroxyl groups is 1. The third kappa shape index (κ3) is 5.49. The van der Waals surface area contributed by atoms with Crippen molar-refractivity contribution in [3.8, 4) is 28.3 Å². The Hall–Kier alpha value is -4.16. The molecule has 0 bridgehead atoms. The van der Waals surface area contributed by atoms with Crippen molar-refractivity contribution in [2.75, 3.05) is 13.2 Å². The minimum atomic E-state index is -1.15. The van der Waals surface area contributed by atoms with Gasteiger partial charge in [-0.3, -0.25) is 0 Å². The molecule has 1 aliphatic rings. The Morgan fingerprint density at radius 1 is 1.00 bits per heavy atom. The molecule has 37 heavy (non-hydrogen) atoms. The Bertz CT molecular complexity index is 1340. The van der Waals surface area contributed by atoms with Gasteiger partial charge in [0.15, 0.2) is 12.4 Å². The van der Waals surface area contributed by atoms with Crippen LogP contribution in [0.4, 0.5) is 0 Å². The lowest BCUT2D eigenvalue weighted by Crippen LogP contribution is -2.30. The molecule has 1 N–H and O–H groups in total. The van der Waals surface area contributed by atoms with Gasteiger partial charge in [0.2, 0.25) is 5.89 Å². The van der Waals surface area contributed by atoms with Gasteiger partial charge in [-0.25, -0.2) is 9.78 Å². The molecule has 1 aromatic heterocycles. The van der Waals surface area contributed by atoms with E-state index in [9.17, 15) is 9.90 Å². The summed E-state index contributed by atoms with van der Waals surface area (Å²) in [5.41, 5.74) is 3.04. The van der Waals surface area contributed by atoms with E-state index in [0.29, 0.717) is 48.8 Å². The largest absolute Gasteiger partial charge is 0.482 e. The number of oxazole rings is 1. The molecule has 188 valence electrons. The van der Waals surface area contributed by atoms with Gasteiger partial charge in [0, 0.05) is 23.1 Å². The smallest absolute Gasteiger partial charge is 0.344 e. The van der Waals surface area contributed by atoms with Crippen LogP contribution < -0.4 is 4.74 Å². The van der Waals surface area contributed by atoms with E-state index in [1.807, 2.05) is 84.9 Å². The van der Waals surface area contributed by atoms with Crippen LogP contribution in [0, 0.1) is 0 Å². The van der Waals surface area contributed by atoms with Crippen molar-refractivity contribution in [1.82, 2.24) is 4.98 Å². The fraction of sp³-hybridized carbons (Fsp3) is 0.226. The zero-order chi connectivity index (χ0) is 25.7. The van der Waals surface area contributed by atoms with Crippen LogP contribution in [0.15, 0.2) is 95.4 Å². The third-order valence-electron chi connectivity index (χ3n) is 6.41. The molecule has 1 atom stereocenters. The number of aromatic nitrogens is 1. The second kappa shape index (κ2) is 10.8. The van der Waals surface area contributed by atoms with Crippen molar-refractivity contribution >= 4 is 11.5 Å². The zero-order valence-corrected chi connectivity index (χ0v) is 20.7. The molecule has 0 amide bonds. The number of nitrogens with zero attached hydrogens (tertiary/aromatic N) is 1. The van der Waals surface area contributed by atoms with E-state index >= 15 is 0 Å². The topological polar surface area (TPSA) is 81.8 Å². The minimum absolute atomic E-state index is 0.159. The van der Waals surface area contributed by atoms with Crippen LogP contribution in [0.2, 0.25) is 0 Å². The van der Waals surface area contributed by atoms with Gasteiger partial charge >= 0.3 is 5.97 Å². The van der Waals surface area contributed by atoms with Crippen LogP contribution in [0.3, 0.4) is 0 Å². The molecule has 0 radical (unpaired) electrons. The summed E-state index contributed by atoms with van der Waals surface area (Å²) in [4.78, 5) is 16.5. The van der Waals surface area contributed by atoms with Gasteiger partial charge < -0.3 is 19.0 Å². The summed E-state index contributed by atoms with van der Waals surface area (Å²) in [5, 5.41) is 11.8. The number of esters is 1. The highest BCUT2D eigenvalue weighted by atomic mass is 16.6. The first kappa shape index (κ1) is 24.5. The summed E-state index contributed by atoms with van der Waals surface area (Å²) in [6, 6.07) is 27.2. The van der Waals surface area contributed by atoms with E-state index < -0.39 is 11.6 Å². The Morgan fingerprint density at radius 3 is 2.46 bits per heavy atom. The molecular weight excluding hydrogens is 466 g/mol. The quantitative estimate of drug-likeness (QED) is 0.283. The lowest BCUT2D eigenvalue weighted by molar-refractivity contribution is -0.145. The molecule has 4 aromatic rings. The van der Waals surface area contributed by atoms with Gasteiger partial charge in [0.25, 0.3) is 0 Å². The molecule has 0 aliphatic heterocycles. The fourth-order valence-corrected chi connectivity index (χ4v) is 4.69. The number of hydrogen-bond acceptors (Lipinski definition) is 6. The van der Waals surface area contributed by atoms with Crippen LogP contribution in [0.5, 0.6) is 5.75 Å². The molecule has 0 saturated carbocycles. The van der Waals surface area contributed by atoms with Crippen molar-refractivity contribution in [3.63, 3.8) is 0 Å². The molecule has 0 saturated heterocycles. The fourth-order valence-electron chi connectivity index (χ4n) is 4.69.